The number of ether oxygens (including phenoxy) is 1. The van der Waals surface area contributed by atoms with Gasteiger partial charge in [0, 0.05) is 30.5 Å². The Morgan fingerprint density at radius 1 is 1.19 bits per heavy atom. The summed E-state index contributed by atoms with van der Waals surface area (Å²) in [4.78, 5) is 5.90. The van der Waals surface area contributed by atoms with Crippen molar-refractivity contribution in [3.63, 3.8) is 0 Å². The minimum atomic E-state index is -0.865. The first-order valence-electron chi connectivity index (χ1n) is 6.65. The van der Waals surface area contributed by atoms with Crippen molar-refractivity contribution in [1.82, 2.24) is 9.88 Å². The van der Waals surface area contributed by atoms with E-state index in [1.54, 1.807) is 12.4 Å². The second-order valence-corrected chi connectivity index (χ2v) is 4.91. The predicted octanol–water partition coefficient (Wildman–Crippen LogP) is 3.56. The van der Waals surface area contributed by atoms with E-state index in [0.29, 0.717) is 5.75 Å². The molecule has 0 radical (unpaired) electrons. The summed E-state index contributed by atoms with van der Waals surface area (Å²) in [5.74, 6) is -1.37. The lowest BCUT2D eigenvalue weighted by Crippen LogP contribution is -2.23. The number of nitrogens with zero attached hydrogens (tertiary/aromatic N) is 2. The van der Waals surface area contributed by atoms with Crippen LogP contribution in [0, 0.1) is 11.6 Å². The molecular formula is C16H18F2N2O. The maximum atomic E-state index is 14.0. The molecule has 0 N–H and O–H groups in total. The molecule has 5 heteroatoms. The zero-order valence-corrected chi connectivity index (χ0v) is 12.3. The molecule has 112 valence electrons. The van der Waals surface area contributed by atoms with Gasteiger partial charge in [0.1, 0.15) is 5.75 Å². The zero-order chi connectivity index (χ0) is 15.4. The molecule has 0 aliphatic rings. The molecule has 21 heavy (non-hydrogen) atoms. The molecule has 0 saturated carbocycles. The van der Waals surface area contributed by atoms with Crippen LogP contribution in [0.4, 0.5) is 8.78 Å². The van der Waals surface area contributed by atoms with Gasteiger partial charge in [-0.2, -0.15) is 0 Å². The predicted molar refractivity (Wildman–Crippen MR) is 77.0 cm³/mol. The van der Waals surface area contributed by atoms with Crippen LogP contribution in [0.25, 0.3) is 0 Å². The third kappa shape index (κ3) is 3.36. The van der Waals surface area contributed by atoms with Crippen molar-refractivity contribution >= 4 is 0 Å². The van der Waals surface area contributed by atoms with Crippen molar-refractivity contribution in [2.24, 2.45) is 0 Å². The molecule has 0 saturated heterocycles. The van der Waals surface area contributed by atoms with E-state index < -0.39 is 11.6 Å². The fourth-order valence-corrected chi connectivity index (χ4v) is 2.20. The monoisotopic (exact) mass is 292 g/mol. The van der Waals surface area contributed by atoms with Crippen molar-refractivity contribution in [1.29, 1.82) is 0 Å². The zero-order valence-electron chi connectivity index (χ0n) is 12.3. The summed E-state index contributed by atoms with van der Waals surface area (Å²) in [7, 11) is 3.30. The quantitative estimate of drug-likeness (QED) is 0.842. The smallest absolute Gasteiger partial charge is 0.167 e. The average Bonchev–Trinajstić information content (AvgIpc) is 2.52. The van der Waals surface area contributed by atoms with E-state index in [-0.39, 0.29) is 18.2 Å². The van der Waals surface area contributed by atoms with Gasteiger partial charge in [-0.05, 0) is 43.8 Å². The van der Waals surface area contributed by atoms with Gasteiger partial charge >= 0.3 is 0 Å². The molecule has 0 aliphatic carbocycles. The van der Waals surface area contributed by atoms with E-state index in [1.807, 2.05) is 31.0 Å². The third-order valence-electron chi connectivity index (χ3n) is 3.63. The molecule has 0 spiro atoms. The molecule has 1 aromatic heterocycles. The Labute approximate surface area is 123 Å². The minimum Gasteiger partial charge on any atom is -0.496 e. The van der Waals surface area contributed by atoms with Crippen molar-refractivity contribution in [2.45, 2.75) is 19.5 Å². The van der Waals surface area contributed by atoms with Gasteiger partial charge in [-0.25, -0.2) is 8.78 Å². The van der Waals surface area contributed by atoms with E-state index in [4.69, 9.17) is 4.74 Å². The number of halogens is 2. The Balaban J connectivity index is 2.23. The molecule has 0 bridgehead atoms. The highest BCUT2D eigenvalue weighted by atomic mass is 19.2. The average molecular weight is 292 g/mol. The highest BCUT2D eigenvalue weighted by Gasteiger charge is 2.19. The second kappa shape index (κ2) is 6.63. The molecule has 1 atom stereocenters. The number of methoxy groups -OCH3 is 1. The lowest BCUT2D eigenvalue weighted by Gasteiger charge is -2.26. The van der Waals surface area contributed by atoms with Crippen LogP contribution in [0.1, 0.15) is 24.1 Å². The number of rotatable bonds is 5. The topological polar surface area (TPSA) is 25.4 Å². The van der Waals surface area contributed by atoms with Crippen LogP contribution in [-0.2, 0) is 6.54 Å². The van der Waals surface area contributed by atoms with Gasteiger partial charge in [0.2, 0.25) is 0 Å². The van der Waals surface area contributed by atoms with E-state index in [9.17, 15) is 8.78 Å². The summed E-state index contributed by atoms with van der Waals surface area (Å²) >= 11 is 0. The van der Waals surface area contributed by atoms with Crippen LogP contribution >= 0.6 is 0 Å². The number of benzene rings is 1. The molecule has 2 rings (SSSR count). The summed E-state index contributed by atoms with van der Waals surface area (Å²) in [5.41, 5.74) is 1.28. The van der Waals surface area contributed by atoms with Crippen molar-refractivity contribution in [2.75, 3.05) is 14.2 Å². The normalized spacial score (nSPS) is 12.5. The standard InChI is InChI=1S/C16H18F2N2O/c1-11(12-6-8-19-9-7-12)20(2)10-13-15(21-3)5-4-14(17)16(13)18/h4-9,11H,10H2,1-3H3/t11-/m0/s1. The van der Waals surface area contributed by atoms with Gasteiger partial charge in [-0.15, -0.1) is 0 Å². The van der Waals surface area contributed by atoms with Gasteiger partial charge in [-0.1, -0.05) is 0 Å². The Morgan fingerprint density at radius 3 is 2.48 bits per heavy atom. The highest BCUT2D eigenvalue weighted by molar-refractivity contribution is 5.35. The third-order valence-corrected chi connectivity index (χ3v) is 3.63. The van der Waals surface area contributed by atoms with Crippen LogP contribution in [0.2, 0.25) is 0 Å². The molecule has 0 aliphatic heterocycles. The second-order valence-electron chi connectivity index (χ2n) is 4.91. The molecule has 0 fully saturated rings. The fraction of sp³-hybridized carbons (Fsp3) is 0.312. The number of pyridine rings is 1. The van der Waals surface area contributed by atoms with Crippen LogP contribution in [-0.4, -0.2) is 24.0 Å². The van der Waals surface area contributed by atoms with E-state index in [0.717, 1.165) is 11.6 Å². The highest BCUT2D eigenvalue weighted by Crippen LogP contribution is 2.27. The summed E-state index contributed by atoms with van der Waals surface area (Å²) in [5, 5.41) is 0. The Kier molecular flexibility index (Phi) is 4.85. The van der Waals surface area contributed by atoms with Gasteiger partial charge in [0.25, 0.3) is 0 Å². The first kappa shape index (κ1) is 15.4. The molecule has 2 aromatic rings. The minimum absolute atomic E-state index is 0.0420. The molecule has 1 heterocycles. The molecular weight excluding hydrogens is 274 g/mol. The summed E-state index contributed by atoms with van der Waals surface area (Å²) in [6.07, 6.45) is 3.42. The Morgan fingerprint density at radius 2 is 1.86 bits per heavy atom. The number of hydrogen-bond acceptors (Lipinski definition) is 3. The van der Waals surface area contributed by atoms with Crippen molar-refractivity contribution < 1.29 is 13.5 Å². The largest absolute Gasteiger partial charge is 0.496 e. The fourth-order valence-electron chi connectivity index (χ4n) is 2.20. The maximum absolute atomic E-state index is 14.0. The first-order chi connectivity index (χ1) is 10.0. The van der Waals surface area contributed by atoms with Crippen LogP contribution in [0.3, 0.4) is 0 Å². The lowest BCUT2D eigenvalue weighted by molar-refractivity contribution is 0.243. The van der Waals surface area contributed by atoms with E-state index in [1.165, 1.54) is 13.2 Å². The van der Waals surface area contributed by atoms with Gasteiger partial charge in [0.05, 0.1) is 7.11 Å². The van der Waals surface area contributed by atoms with Crippen LogP contribution < -0.4 is 4.74 Å². The summed E-state index contributed by atoms with van der Waals surface area (Å²) in [6.45, 7) is 2.25. The van der Waals surface area contributed by atoms with E-state index in [2.05, 4.69) is 4.98 Å². The maximum Gasteiger partial charge on any atom is 0.167 e. The van der Waals surface area contributed by atoms with Gasteiger partial charge in [0.15, 0.2) is 11.6 Å². The van der Waals surface area contributed by atoms with Gasteiger partial charge < -0.3 is 4.74 Å². The van der Waals surface area contributed by atoms with Crippen molar-refractivity contribution in [3.8, 4) is 5.75 Å². The SMILES string of the molecule is COc1ccc(F)c(F)c1CN(C)[C@@H](C)c1ccncc1. The van der Waals surface area contributed by atoms with E-state index >= 15 is 0 Å². The Hall–Kier alpha value is -2.01. The molecule has 1 aromatic carbocycles. The first-order valence-corrected chi connectivity index (χ1v) is 6.65. The number of aromatic nitrogens is 1. The molecule has 0 amide bonds. The Bertz CT molecular complexity index is 605. The van der Waals surface area contributed by atoms with Crippen LogP contribution in [0.5, 0.6) is 5.75 Å². The summed E-state index contributed by atoms with van der Waals surface area (Å²) < 4.78 is 32.5. The van der Waals surface area contributed by atoms with Crippen LogP contribution in [0.15, 0.2) is 36.7 Å². The van der Waals surface area contributed by atoms with Crippen molar-refractivity contribution in [3.05, 3.63) is 59.4 Å². The molecule has 3 nitrogen and oxygen atoms in total. The summed E-state index contributed by atoms with van der Waals surface area (Å²) in [6, 6.07) is 6.36. The molecule has 0 unspecified atom stereocenters. The number of hydrogen-bond donors (Lipinski definition) is 0. The van der Waals surface area contributed by atoms with Gasteiger partial charge in [-0.3, -0.25) is 9.88 Å². The lowest BCUT2D eigenvalue weighted by atomic mass is 10.1.